The fourth-order valence-electron chi connectivity index (χ4n) is 2.59. The number of nitrogens with zero attached hydrogens (tertiary/aromatic N) is 1. The molecule has 0 bridgehead atoms. The number of rotatable bonds is 5. The summed E-state index contributed by atoms with van der Waals surface area (Å²) < 4.78 is 5.38. The highest BCUT2D eigenvalue weighted by Crippen LogP contribution is 2.25. The van der Waals surface area contributed by atoms with Gasteiger partial charge in [0.05, 0.1) is 6.61 Å². The summed E-state index contributed by atoms with van der Waals surface area (Å²) in [5.41, 5.74) is 1.05. The molecule has 2 rings (SSSR count). The monoisotopic (exact) mass is 297 g/mol. The zero-order valence-corrected chi connectivity index (χ0v) is 12.9. The Morgan fingerprint density at radius 3 is 2.45 bits per heavy atom. The molecule has 0 amide bonds. The molecule has 0 N–H and O–H groups in total. The number of likely N-dealkylation sites (tertiary alicyclic amines) is 1. The Labute approximate surface area is 127 Å². The van der Waals surface area contributed by atoms with Crippen molar-refractivity contribution < 1.29 is 9.53 Å². The molecule has 0 saturated carbocycles. The topological polar surface area (TPSA) is 29.5 Å². The van der Waals surface area contributed by atoms with Gasteiger partial charge in [-0.25, -0.2) is 4.79 Å². The van der Waals surface area contributed by atoms with Gasteiger partial charge in [-0.15, -0.1) is 12.4 Å². The van der Waals surface area contributed by atoms with Gasteiger partial charge in [0.15, 0.2) is 0 Å². The summed E-state index contributed by atoms with van der Waals surface area (Å²) in [6.07, 6.45) is 4.48. The molecule has 1 aromatic rings. The summed E-state index contributed by atoms with van der Waals surface area (Å²) in [7, 11) is 0. The van der Waals surface area contributed by atoms with Crippen LogP contribution in [0.2, 0.25) is 0 Å². The smallest absolute Gasteiger partial charge is 0.328 e. The van der Waals surface area contributed by atoms with Gasteiger partial charge in [0.25, 0.3) is 0 Å². The minimum Gasteiger partial charge on any atom is -0.464 e. The fourth-order valence-corrected chi connectivity index (χ4v) is 2.59. The quantitative estimate of drug-likeness (QED) is 0.778. The van der Waals surface area contributed by atoms with Crippen LogP contribution in [-0.2, 0) is 9.53 Å². The fraction of sp³-hybridized carbons (Fsp3) is 0.562. The number of carbonyl (C=O) groups excluding carboxylic acids is 1. The van der Waals surface area contributed by atoms with Crippen LogP contribution in [0.15, 0.2) is 30.3 Å². The molecular weight excluding hydrogens is 274 g/mol. The van der Waals surface area contributed by atoms with E-state index in [1.165, 1.54) is 19.3 Å². The molecule has 1 aliphatic heterocycles. The van der Waals surface area contributed by atoms with E-state index in [1.54, 1.807) is 0 Å². The van der Waals surface area contributed by atoms with E-state index < -0.39 is 0 Å². The lowest BCUT2D eigenvalue weighted by atomic mass is 10.0. The molecule has 0 radical (unpaired) electrons. The van der Waals surface area contributed by atoms with E-state index in [4.69, 9.17) is 4.74 Å². The number of hydrogen-bond donors (Lipinski definition) is 0. The van der Waals surface area contributed by atoms with Crippen LogP contribution in [0.4, 0.5) is 0 Å². The number of esters is 1. The second kappa shape index (κ2) is 8.98. The molecule has 1 fully saturated rings. The predicted molar refractivity (Wildman–Crippen MR) is 83.1 cm³/mol. The molecule has 1 atom stereocenters. The summed E-state index contributed by atoms with van der Waals surface area (Å²) in [6.45, 7) is 4.50. The third kappa shape index (κ3) is 4.50. The Balaban J connectivity index is 0.00000200. The van der Waals surface area contributed by atoms with E-state index in [2.05, 4.69) is 4.90 Å². The second-order valence-corrected chi connectivity index (χ2v) is 5.08. The Morgan fingerprint density at radius 1 is 1.20 bits per heavy atom. The van der Waals surface area contributed by atoms with Crippen molar-refractivity contribution in [2.75, 3.05) is 19.7 Å². The van der Waals surface area contributed by atoms with Crippen LogP contribution in [0.25, 0.3) is 0 Å². The highest BCUT2D eigenvalue weighted by Gasteiger charge is 2.29. The van der Waals surface area contributed by atoms with Crippen molar-refractivity contribution in [2.45, 2.75) is 38.6 Å². The first kappa shape index (κ1) is 17.0. The van der Waals surface area contributed by atoms with E-state index in [-0.39, 0.29) is 24.4 Å². The van der Waals surface area contributed by atoms with Gasteiger partial charge in [0.1, 0.15) is 6.04 Å². The lowest BCUT2D eigenvalue weighted by Crippen LogP contribution is -2.38. The van der Waals surface area contributed by atoms with Crippen LogP contribution in [-0.4, -0.2) is 30.6 Å². The SMILES string of the molecule is CCCOC(=O)C(c1ccccc1)N1CCCCC1.Cl. The van der Waals surface area contributed by atoms with Gasteiger partial charge in [-0.3, -0.25) is 4.90 Å². The first-order chi connectivity index (χ1) is 9.33. The van der Waals surface area contributed by atoms with E-state index in [9.17, 15) is 4.79 Å². The van der Waals surface area contributed by atoms with Gasteiger partial charge in [0.2, 0.25) is 0 Å². The maximum atomic E-state index is 12.3. The van der Waals surface area contributed by atoms with Crippen molar-refractivity contribution in [1.82, 2.24) is 4.90 Å². The number of benzene rings is 1. The molecule has 1 saturated heterocycles. The Bertz CT molecular complexity index is 391. The van der Waals surface area contributed by atoms with Crippen LogP contribution in [0.1, 0.15) is 44.2 Å². The van der Waals surface area contributed by atoms with Gasteiger partial charge < -0.3 is 4.74 Å². The second-order valence-electron chi connectivity index (χ2n) is 5.08. The van der Waals surface area contributed by atoms with Crippen LogP contribution in [0, 0.1) is 0 Å². The van der Waals surface area contributed by atoms with E-state index in [0.717, 1.165) is 25.1 Å². The Kier molecular flexibility index (Phi) is 7.63. The molecule has 112 valence electrons. The Morgan fingerprint density at radius 2 is 1.85 bits per heavy atom. The van der Waals surface area contributed by atoms with Crippen molar-refractivity contribution in [3.63, 3.8) is 0 Å². The summed E-state index contributed by atoms with van der Waals surface area (Å²) in [5.74, 6) is -0.102. The standard InChI is InChI=1S/C16H23NO2.ClH/c1-2-13-19-16(18)15(14-9-5-3-6-10-14)17-11-7-4-8-12-17;/h3,5-6,9-10,15H,2,4,7-8,11-13H2,1H3;1H. The van der Waals surface area contributed by atoms with Crippen LogP contribution in [0.3, 0.4) is 0 Å². The normalized spacial score (nSPS) is 17.1. The summed E-state index contributed by atoms with van der Waals surface area (Å²) in [6, 6.07) is 9.76. The molecule has 4 heteroatoms. The number of ether oxygens (including phenoxy) is 1. The minimum absolute atomic E-state index is 0. The first-order valence-corrected chi connectivity index (χ1v) is 7.28. The molecule has 0 aromatic heterocycles. The maximum Gasteiger partial charge on any atom is 0.328 e. The van der Waals surface area contributed by atoms with Gasteiger partial charge in [-0.2, -0.15) is 0 Å². The summed E-state index contributed by atoms with van der Waals surface area (Å²) >= 11 is 0. The average molecular weight is 298 g/mol. The average Bonchev–Trinajstić information content (AvgIpc) is 2.47. The van der Waals surface area contributed by atoms with E-state index >= 15 is 0 Å². The van der Waals surface area contributed by atoms with Gasteiger partial charge >= 0.3 is 5.97 Å². The summed E-state index contributed by atoms with van der Waals surface area (Å²) in [4.78, 5) is 14.6. The molecular formula is C16H24ClNO2. The third-order valence-electron chi connectivity index (χ3n) is 3.54. The van der Waals surface area contributed by atoms with Gasteiger partial charge in [-0.05, 0) is 37.9 Å². The lowest BCUT2D eigenvalue weighted by Gasteiger charge is -2.33. The van der Waals surface area contributed by atoms with E-state index in [1.807, 2.05) is 37.3 Å². The molecule has 1 unspecified atom stereocenters. The van der Waals surface area contributed by atoms with Gasteiger partial charge in [-0.1, -0.05) is 43.7 Å². The molecule has 0 aliphatic carbocycles. The highest BCUT2D eigenvalue weighted by molar-refractivity contribution is 5.85. The maximum absolute atomic E-state index is 12.3. The van der Waals surface area contributed by atoms with Crippen molar-refractivity contribution in [1.29, 1.82) is 0 Å². The van der Waals surface area contributed by atoms with Crippen LogP contribution >= 0.6 is 12.4 Å². The zero-order valence-electron chi connectivity index (χ0n) is 12.1. The van der Waals surface area contributed by atoms with E-state index in [0.29, 0.717) is 6.61 Å². The predicted octanol–water partition coefficient (Wildman–Crippen LogP) is 3.59. The molecule has 1 aromatic carbocycles. The molecule has 1 heterocycles. The van der Waals surface area contributed by atoms with Crippen molar-refractivity contribution in [3.8, 4) is 0 Å². The van der Waals surface area contributed by atoms with Crippen molar-refractivity contribution >= 4 is 18.4 Å². The van der Waals surface area contributed by atoms with Gasteiger partial charge in [0, 0.05) is 0 Å². The summed E-state index contributed by atoms with van der Waals surface area (Å²) in [5, 5.41) is 0. The Hall–Kier alpha value is -1.06. The number of piperidine rings is 1. The minimum atomic E-state index is -0.229. The van der Waals surface area contributed by atoms with Crippen LogP contribution < -0.4 is 0 Å². The lowest BCUT2D eigenvalue weighted by molar-refractivity contribution is -0.150. The number of carbonyl (C=O) groups is 1. The molecule has 3 nitrogen and oxygen atoms in total. The van der Waals surface area contributed by atoms with Crippen molar-refractivity contribution in [3.05, 3.63) is 35.9 Å². The number of hydrogen-bond acceptors (Lipinski definition) is 3. The highest BCUT2D eigenvalue weighted by atomic mass is 35.5. The molecule has 0 spiro atoms. The molecule has 1 aliphatic rings. The van der Waals surface area contributed by atoms with Crippen molar-refractivity contribution in [2.24, 2.45) is 0 Å². The largest absolute Gasteiger partial charge is 0.464 e. The molecule has 20 heavy (non-hydrogen) atoms. The zero-order chi connectivity index (χ0) is 13.5. The third-order valence-corrected chi connectivity index (χ3v) is 3.54. The number of halogens is 1. The van der Waals surface area contributed by atoms with Crippen LogP contribution in [0.5, 0.6) is 0 Å². The first-order valence-electron chi connectivity index (χ1n) is 7.28.